The lowest BCUT2D eigenvalue weighted by Crippen LogP contribution is -2.12. The Kier molecular flexibility index (Phi) is 4.85. The van der Waals surface area contributed by atoms with Gasteiger partial charge in [-0.15, -0.1) is 0 Å². The molecule has 0 atom stereocenters. The fraction of sp³-hybridized carbons (Fsp3) is 0.273. The first-order chi connectivity index (χ1) is 14.2. The summed E-state index contributed by atoms with van der Waals surface area (Å²) in [6, 6.07) is 10.2. The van der Waals surface area contributed by atoms with Gasteiger partial charge >= 0.3 is 0 Å². The lowest BCUT2D eigenvalue weighted by atomic mass is 9.92. The van der Waals surface area contributed by atoms with Crippen molar-refractivity contribution in [1.82, 2.24) is 29.5 Å². The summed E-state index contributed by atoms with van der Waals surface area (Å²) < 4.78 is 24.0. The van der Waals surface area contributed by atoms with Gasteiger partial charge in [0.15, 0.2) is 5.82 Å². The van der Waals surface area contributed by atoms with Gasteiger partial charge in [0.1, 0.15) is 29.5 Å². The molecule has 0 amide bonds. The summed E-state index contributed by atoms with van der Waals surface area (Å²) >= 11 is 0. The molecule has 0 N–H and O–H groups in total. The van der Waals surface area contributed by atoms with E-state index in [0.717, 1.165) is 11.4 Å². The van der Waals surface area contributed by atoms with Crippen LogP contribution in [-0.2, 0) is 12.5 Å². The Labute approximate surface area is 174 Å². The van der Waals surface area contributed by atoms with E-state index in [9.17, 15) is 4.39 Å². The Bertz CT molecular complexity index is 1200. The molecule has 0 aliphatic rings. The molecule has 8 heteroatoms. The molecule has 0 aliphatic carbocycles. The molecule has 3 aromatic heterocycles. The van der Waals surface area contributed by atoms with Crippen LogP contribution in [-0.4, -0.2) is 29.5 Å². The van der Waals surface area contributed by atoms with E-state index in [1.54, 1.807) is 53.1 Å². The van der Waals surface area contributed by atoms with Gasteiger partial charge in [0.2, 0.25) is 0 Å². The van der Waals surface area contributed by atoms with Crippen LogP contribution in [0, 0.1) is 12.7 Å². The van der Waals surface area contributed by atoms with E-state index in [2.05, 4.69) is 40.9 Å². The number of benzene rings is 1. The number of rotatable bonds is 4. The first kappa shape index (κ1) is 19.8. The minimum absolute atomic E-state index is 0.114. The third-order valence-corrected chi connectivity index (χ3v) is 4.66. The maximum Gasteiger partial charge on any atom is 0.158 e. The van der Waals surface area contributed by atoms with E-state index >= 15 is 0 Å². The average Bonchev–Trinajstić information content (AvgIpc) is 3.28. The summed E-state index contributed by atoms with van der Waals surface area (Å²) in [4.78, 5) is 8.36. The molecule has 0 bridgehead atoms. The van der Waals surface area contributed by atoms with Gasteiger partial charge in [-0.3, -0.25) is 4.68 Å². The van der Waals surface area contributed by atoms with Crippen LogP contribution in [0.2, 0.25) is 0 Å². The zero-order valence-corrected chi connectivity index (χ0v) is 17.6. The predicted molar refractivity (Wildman–Crippen MR) is 111 cm³/mol. The van der Waals surface area contributed by atoms with E-state index in [4.69, 9.17) is 4.74 Å². The molecule has 0 spiro atoms. The normalized spacial score (nSPS) is 11.7. The molecule has 154 valence electrons. The van der Waals surface area contributed by atoms with Gasteiger partial charge in [-0.1, -0.05) is 20.8 Å². The highest BCUT2D eigenvalue weighted by Crippen LogP contribution is 2.31. The number of halogens is 1. The molecular weight excluding hydrogens is 383 g/mol. The number of pyridine rings is 1. The van der Waals surface area contributed by atoms with Crippen molar-refractivity contribution < 1.29 is 9.13 Å². The van der Waals surface area contributed by atoms with Crippen LogP contribution in [0.3, 0.4) is 0 Å². The number of aromatic nitrogens is 6. The maximum absolute atomic E-state index is 14.9. The second kappa shape index (κ2) is 7.37. The third-order valence-electron chi connectivity index (χ3n) is 4.66. The van der Waals surface area contributed by atoms with Crippen molar-refractivity contribution in [1.29, 1.82) is 0 Å². The maximum atomic E-state index is 14.9. The molecule has 4 aromatic rings. The third kappa shape index (κ3) is 3.94. The van der Waals surface area contributed by atoms with Crippen LogP contribution in [0.15, 0.2) is 48.9 Å². The van der Waals surface area contributed by atoms with E-state index in [1.165, 1.54) is 6.07 Å². The second-order valence-corrected chi connectivity index (χ2v) is 8.12. The van der Waals surface area contributed by atoms with Gasteiger partial charge in [0.05, 0.1) is 11.4 Å². The molecule has 0 aliphatic heterocycles. The van der Waals surface area contributed by atoms with Crippen molar-refractivity contribution in [2.45, 2.75) is 33.1 Å². The van der Waals surface area contributed by atoms with Gasteiger partial charge < -0.3 is 4.74 Å². The minimum Gasteiger partial charge on any atom is -0.457 e. The zero-order chi connectivity index (χ0) is 21.5. The van der Waals surface area contributed by atoms with Crippen molar-refractivity contribution in [3.05, 3.63) is 66.3 Å². The number of ether oxygens (including phenoxy) is 1. The van der Waals surface area contributed by atoms with Crippen LogP contribution >= 0.6 is 0 Å². The summed E-state index contributed by atoms with van der Waals surface area (Å²) in [5.41, 5.74) is 1.99. The molecule has 0 saturated carbocycles. The largest absolute Gasteiger partial charge is 0.457 e. The Morgan fingerprint density at radius 1 is 0.967 bits per heavy atom. The van der Waals surface area contributed by atoms with Crippen LogP contribution < -0.4 is 4.74 Å². The van der Waals surface area contributed by atoms with Gasteiger partial charge in [-0.2, -0.15) is 10.2 Å². The summed E-state index contributed by atoms with van der Waals surface area (Å²) in [5.74, 6) is 1.75. The van der Waals surface area contributed by atoms with Crippen molar-refractivity contribution in [3.63, 3.8) is 0 Å². The van der Waals surface area contributed by atoms with Crippen molar-refractivity contribution in [3.8, 4) is 28.6 Å². The number of nitrogens with zero attached hydrogens (tertiary/aromatic N) is 6. The highest BCUT2D eigenvalue weighted by atomic mass is 19.1. The van der Waals surface area contributed by atoms with Crippen LogP contribution in [0.1, 0.15) is 32.3 Å². The molecule has 4 rings (SSSR count). The van der Waals surface area contributed by atoms with E-state index in [0.29, 0.717) is 28.7 Å². The second-order valence-electron chi connectivity index (χ2n) is 8.12. The highest BCUT2D eigenvalue weighted by molar-refractivity contribution is 5.62. The van der Waals surface area contributed by atoms with Crippen LogP contribution in [0.4, 0.5) is 4.39 Å². The standard InChI is InChI=1S/C22H23FN6O/c1-14-25-13-29(26-14)21-11-16(8-9-24-21)30-15-6-7-17(18(23)10-15)19-12-20(22(2,3)4)27-28(19)5/h6-13H,1-5H3. The Morgan fingerprint density at radius 2 is 1.73 bits per heavy atom. The summed E-state index contributed by atoms with van der Waals surface area (Å²) in [6.07, 6.45) is 3.19. The Balaban J connectivity index is 1.60. The van der Waals surface area contributed by atoms with Gasteiger partial charge in [-0.05, 0) is 31.2 Å². The Morgan fingerprint density at radius 3 is 2.37 bits per heavy atom. The topological polar surface area (TPSA) is 70.7 Å². The van der Waals surface area contributed by atoms with Gasteiger partial charge in [-0.25, -0.2) is 19.0 Å². The molecule has 30 heavy (non-hydrogen) atoms. The molecule has 7 nitrogen and oxygen atoms in total. The quantitative estimate of drug-likeness (QED) is 0.495. The molecule has 0 saturated heterocycles. The first-order valence-corrected chi connectivity index (χ1v) is 9.58. The molecule has 0 radical (unpaired) electrons. The summed E-state index contributed by atoms with van der Waals surface area (Å²) in [5, 5.41) is 8.76. The highest BCUT2D eigenvalue weighted by Gasteiger charge is 2.21. The molecular formula is C22H23FN6O. The minimum atomic E-state index is -0.378. The summed E-state index contributed by atoms with van der Waals surface area (Å²) in [6.45, 7) is 8.04. The lowest BCUT2D eigenvalue weighted by molar-refractivity contribution is 0.475. The first-order valence-electron chi connectivity index (χ1n) is 9.58. The van der Waals surface area contributed by atoms with E-state index in [1.807, 2.05) is 13.1 Å². The fourth-order valence-corrected chi connectivity index (χ4v) is 3.03. The van der Waals surface area contributed by atoms with Crippen molar-refractivity contribution in [2.75, 3.05) is 0 Å². The molecule has 1 aromatic carbocycles. The van der Waals surface area contributed by atoms with Crippen LogP contribution in [0.5, 0.6) is 11.5 Å². The molecule has 0 fully saturated rings. The lowest BCUT2D eigenvalue weighted by Gasteiger charge is -2.13. The van der Waals surface area contributed by atoms with Gasteiger partial charge in [0, 0.05) is 36.4 Å². The summed E-state index contributed by atoms with van der Waals surface area (Å²) in [7, 11) is 1.82. The van der Waals surface area contributed by atoms with E-state index < -0.39 is 0 Å². The zero-order valence-electron chi connectivity index (χ0n) is 17.6. The van der Waals surface area contributed by atoms with Crippen molar-refractivity contribution in [2.24, 2.45) is 7.05 Å². The average molecular weight is 406 g/mol. The SMILES string of the molecule is Cc1ncn(-c2cc(Oc3ccc(-c4cc(C(C)(C)C)nn4C)c(F)c3)ccn2)n1. The molecule has 3 heterocycles. The smallest absolute Gasteiger partial charge is 0.158 e. The number of hydrogen-bond donors (Lipinski definition) is 0. The van der Waals surface area contributed by atoms with Crippen LogP contribution in [0.25, 0.3) is 17.1 Å². The molecule has 0 unspecified atom stereocenters. The monoisotopic (exact) mass is 406 g/mol. The number of hydrogen-bond acceptors (Lipinski definition) is 5. The van der Waals surface area contributed by atoms with Gasteiger partial charge in [0.25, 0.3) is 0 Å². The van der Waals surface area contributed by atoms with Crippen molar-refractivity contribution >= 4 is 0 Å². The fourth-order valence-electron chi connectivity index (χ4n) is 3.03. The predicted octanol–water partition coefficient (Wildman–Crippen LogP) is 4.60. The van der Waals surface area contributed by atoms with E-state index in [-0.39, 0.29) is 11.2 Å². The Hall–Kier alpha value is -3.55. The number of aryl methyl sites for hydroxylation is 2.